The fraction of sp³-hybridized carbons (Fsp3) is 0.360. The van der Waals surface area contributed by atoms with Crippen molar-refractivity contribution in [2.75, 3.05) is 18.9 Å². The number of H-pyrrole nitrogens is 1. The van der Waals surface area contributed by atoms with Gasteiger partial charge in [0.05, 0.1) is 17.2 Å². The highest BCUT2D eigenvalue weighted by molar-refractivity contribution is 6.34. The van der Waals surface area contributed by atoms with Gasteiger partial charge in [-0.15, -0.1) is 0 Å². The number of nitrogens with zero attached hydrogens (tertiary/aromatic N) is 1. The molecule has 8 nitrogen and oxygen atoms in total. The maximum atomic E-state index is 13.7. The topological polar surface area (TPSA) is 111 Å². The SMILES string of the molecule is CCC(=O)N(C)[C@@H](C)C(=O)CCCNC(=O)c1c[nH]c(/C=C2\C(=O)Nc3ccc(F)cc32)c1C. The Hall–Kier alpha value is -3.75. The minimum atomic E-state index is -0.503. The van der Waals surface area contributed by atoms with Crippen LogP contribution in [0.1, 0.15) is 60.3 Å². The van der Waals surface area contributed by atoms with E-state index in [1.165, 1.54) is 23.1 Å². The predicted molar refractivity (Wildman–Crippen MR) is 128 cm³/mol. The number of amides is 3. The van der Waals surface area contributed by atoms with Gasteiger partial charge in [-0.2, -0.15) is 0 Å². The maximum Gasteiger partial charge on any atom is 0.256 e. The van der Waals surface area contributed by atoms with Gasteiger partial charge in [0.2, 0.25) is 5.91 Å². The lowest BCUT2D eigenvalue weighted by molar-refractivity contribution is -0.137. The van der Waals surface area contributed by atoms with E-state index < -0.39 is 11.9 Å². The van der Waals surface area contributed by atoms with Crippen LogP contribution >= 0.6 is 0 Å². The Bertz CT molecular complexity index is 1170. The van der Waals surface area contributed by atoms with Crippen molar-refractivity contribution in [1.29, 1.82) is 0 Å². The molecule has 2 heterocycles. The highest BCUT2D eigenvalue weighted by Crippen LogP contribution is 2.34. The first-order chi connectivity index (χ1) is 16.1. The number of likely N-dealkylation sites (N-methyl/N-ethyl adjacent to an activating group) is 1. The second kappa shape index (κ2) is 10.5. The molecule has 34 heavy (non-hydrogen) atoms. The minimum Gasteiger partial charge on any atom is -0.361 e. The lowest BCUT2D eigenvalue weighted by Crippen LogP contribution is -2.40. The molecular formula is C25H29FN4O4. The molecule has 2 aromatic rings. The van der Waals surface area contributed by atoms with Gasteiger partial charge < -0.3 is 20.5 Å². The van der Waals surface area contributed by atoms with E-state index in [0.717, 1.165) is 0 Å². The Morgan fingerprint density at radius 1 is 1.26 bits per heavy atom. The average Bonchev–Trinajstić information content (AvgIpc) is 3.34. The van der Waals surface area contributed by atoms with Crippen LogP contribution in [0.25, 0.3) is 11.6 Å². The molecule has 0 aliphatic carbocycles. The van der Waals surface area contributed by atoms with E-state index in [9.17, 15) is 23.6 Å². The Balaban J connectivity index is 1.59. The second-order valence-electron chi connectivity index (χ2n) is 8.30. The van der Waals surface area contributed by atoms with Gasteiger partial charge in [-0.05, 0) is 50.1 Å². The van der Waals surface area contributed by atoms with E-state index in [1.807, 2.05) is 0 Å². The van der Waals surface area contributed by atoms with Crippen LogP contribution in [0.4, 0.5) is 10.1 Å². The van der Waals surface area contributed by atoms with Crippen molar-refractivity contribution in [3.63, 3.8) is 0 Å². The zero-order valence-electron chi connectivity index (χ0n) is 19.8. The van der Waals surface area contributed by atoms with E-state index in [1.54, 1.807) is 40.1 Å². The molecule has 0 saturated carbocycles. The number of Topliss-reactive ketones (excluding diaryl/α,β-unsaturated/α-hetero) is 1. The Kier molecular flexibility index (Phi) is 7.65. The quantitative estimate of drug-likeness (QED) is 0.387. The van der Waals surface area contributed by atoms with Crippen LogP contribution in [-0.2, 0) is 14.4 Å². The van der Waals surface area contributed by atoms with Crippen LogP contribution in [0.3, 0.4) is 0 Å². The first-order valence-corrected chi connectivity index (χ1v) is 11.2. The van der Waals surface area contributed by atoms with Crippen LogP contribution in [0, 0.1) is 12.7 Å². The number of hydrogen-bond donors (Lipinski definition) is 3. The molecule has 1 atom stereocenters. The molecule has 1 aliphatic rings. The fourth-order valence-corrected chi connectivity index (χ4v) is 3.80. The van der Waals surface area contributed by atoms with Crippen LogP contribution < -0.4 is 10.6 Å². The van der Waals surface area contributed by atoms with Crippen LogP contribution in [0.5, 0.6) is 0 Å². The summed E-state index contributed by atoms with van der Waals surface area (Å²) < 4.78 is 13.7. The number of carbonyl (C=O) groups is 4. The van der Waals surface area contributed by atoms with Crippen LogP contribution in [-0.4, -0.2) is 53.0 Å². The monoisotopic (exact) mass is 468 g/mol. The number of anilines is 1. The summed E-state index contributed by atoms with van der Waals surface area (Å²) in [6, 6.07) is 3.58. The molecule has 9 heteroatoms. The van der Waals surface area contributed by atoms with E-state index in [-0.39, 0.29) is 29.9 Å². The van der Waals surface area contributed by atoms with Crippen molar-refractivity contribution < 1.29 is 23.6 Å². The van der Waals surface area contributed by atoms with Gasteiger partial charge in [0.25, 0.3) is 11.8 Å². The summed E-state index contributed by atoms with van der Waals surface area (Å²) in [5.41, 5.74) is 2.94. The van der Waals surface area contributed by atoms with Gasteiger partial charge in [0.15, 0.2) is 5.78 Å². The molecule has 0 saturated heterocycles. The van der Waals surface area contributed by atoms with Gasteiger partial charge in [-0.3, -0.25) is 19.2 Å². The summed E-state index contributed by atoms with van der Waals surface area (Å²) >= 11 is 0. The van der Waals surface area contributed by atoms with Gasteiger partial charge in [-0.1, -0.05) is 6.92 Å². The molecule has 0 radical (unpaired) electrons. The number of ketones is 1. The molecule has 3 amide bonds. The number of rotatable bonds is 9. The van der Waals surface area contributed by atoms with Gasteiger partial charge in [0, 0.05) is 49.6 Å². The molecule has 0 spiro atoms. The van der Waals surface area contributed by atoms with Crippen molar-refractivity contribution in [1.82, 2.24) is 15.2 Å². The number of hydrogen-bond acceptors (Lipinski definition) is 4. The standard InChI is InChI=1S/C25H29FN4O4/c1-5-23(32)30(4)15(3)22(31)7-6-10-27-24(33)19-13-28-21(14(19)2)12-18-17-11-16(26)8-9-20(17)29-25(18)34/h8-9,11-13,15,28H,5-7,10H2,1-4H3,(H,27,33)(H,29,34)/b18-12-/t15-/m0/s1. The molecule has 1 aliphatic heterocycles. The molecule has 1 aromatic heterocycles. The molecule has 1 aromatic carbocycles. The third-order valence-electron chi connectivity index (χ3n) is 6.11. The summed E-state index contributed by atoms with van der Waals surface area (Å²) in [4.78, 5) is 53.4. The molecule has 3 rings (SSSR count). The molecule has 0 fully saturated rings. The fourth-order valence-electron chi connectivity index (χ4n) is 3.80. The summed E-state index contributed by atoms with van der Waals surface area (Å²) in [6.07, 6.45) is 4.19. The first-order valence-electron chi connectivity index (χ1n) is 11.2. The number of carbonyl (C=O) groups excluding carboxylic acids is 4. The lowest BCUT2D eigenvalue weighted by atomic mass is 10.0. The smallest absolute Gasteiger partial charge is 0.256 e. The Morgan fingerprint density at radius 3 is 2.71 bits per heavy atom. The average molecular weight is 469 g/mol. The summed E-state index contributed by atoms with van der Waals surface area (Å²) in [7, 11) is 1.61. The van der Waals surface area contributed by atoms with E-state index >= 15 is 0 Å². The second-order valence-corrected chi connectivity index (χ2v) is 8.30. The Morgan fingerprint density at radius 2 is 2.00 bits per heavy atom. The summed E-state index contributed by atoms with van der Waals surface area (Å²) in [5.74, 6) is -1.24. The van der Waals surface area contributed by atoms with Crippen LogP contribution in [0.15, 0.2) is 24.4 Å². The van der Waals surface area contributed by atoms with Gasteiger partial charge in [-0.25, -0.2) is 4.39 Å². The number of aromatic amines is 1. The largest absolute Gasteiger partial charge is 0.361 e. The predicted octanol–water partition coefficient (Wildman–Crippen LogP) is 3.29. The summed E-state index contributed by atoms with van der Waals surface area (Å²) in [5, 5.41) is 5.49. The molecule has 0 bridgehead atoms. The first kappa shape index (κ1) is 24.9. The van der Waals surface area contributed by atoms with Crippen molar-refractivity contribution in [3.05, 3.63) is 52.6 Å². The van der Waals surface area contributed by atoms with E-state index in [4.69, 9.17) is 0 Å². The third kappa shape index (κ3) is 5.24. The number of nitrogens with one attached hydrogen (secondary N) is 3. The molecule has 0 unspecified atom stereocenters. The minimum absolute atomic E-state index is 0.0585. The highest BCUT2D eigenvalue weighted by Gasteiger charge is 2.25. The van der Waals surface area contributed by atoms with Crippen molar-refractivity contribution in [3.8, 4) is 0 Å². The van der Waals surface area contributed by atoms with E-state index in [2.05, 4.69) is 15.6 Å². The normalized spacial score (nSPS) is 14.5. The van der Waals surface area contributed by atoms with Crippen molar-refractivity contribution in [2.24, 2.45) is 0 Å². The van der Waals surface area contributed by atoms with Crippen molar-refractivity contribution in [2.45, 2.75) is 46.1 Å². The van der Waals surface area contributed by atoms with E-state index in [0.29, 0.717) is 53.0 Å². The molecule has 180 valence electrons. The number of benzene rings is 1. The van der Waals surface area contributed by atoms with Crippen LogP contribution in [0.2, 0.25) is 0 Å². The summed E-state index contributed by atoms with van der Waals surface area (Å²) in [6.45, 7) is 5.50. The molecule has 3 N–H and O–H groups in total. The Labute approximate surface area is 197 Å². The highest BCUT2D eigenvalue weighted by atomic mass is 19.1. The maximum absolute atomic E-state index is 13.7. The van der Waals surface area contributed by atoms with Gasteiger partial charge >= 0.3 is 0 Å². The third-order valence-corrected chi connectivity index (χ3v) is 6.11. The number of halogens is 1. The number of aromatic nitrogens is 1. The zero-order chi connectivity index (χ0) is 25.0. The van der Waals surface area contributed by atoms with Crippen molar-refractivity contribution >= 4 is 40.8 Å². The lowest BCUT2D eigenvalue weighted by Gasteiger charge is -2.23. The van der Waals surface area contributed by atoms with Gasteiger partial charge in [0.1, 0.15) is 5.82 Å². The molecular weight excluding hydrogens is 439 g/mol. The number of fused-ring (bicyclic) bond motifs is 1. The zero-order valence-corrected chi connectivity index (χ0v) is 19.8.